The van der Waals surface area contributed by atoms with Gasteiger partial charge in [-0.15, -0.1) is 0 Å². The van der Waals surface area contributed by atoms with Crippen molar-refractivity contribution in [3.63, 3.8) is 0 Å². The summed E-state index contributed by atoms with van der Waals surface area (Å²) in [6, 6.07) is 17.6. The van der Waals surface area contributed by atoms with E-state index in [2.05, 4.69) is 76.2 Å². The normalized spacial score (nSPS) is 10.8. The molecule has 28 heavy (non-hydrogen) atoms. The smallest absolute Gasteiger partial charge is 0.122 e. The fourth-order valence-electron chi connectivity index (χ4n) is 3.77. The summed E-state index contributed by atoms with van der Waals surface area (Å²) in [5.74, 6) is 1.91. The summed E-state index contributed by atoms with van der Waals surface area (Å²) in [5.41, 5.74) is 10.3. The van der Waals surface area contributed by atoms with Crippen molar-refractivity contribution in [2.75, 3.05) is 14.2 Å². The highest BCUT2D eigenvalue weighted by Gasteiger charge is 2.10. The van der Waals surface area contributed by atoms with Gasteiger partial charge in [0.25, 0.3) is 0 Å². The van der Waals surface area contributed by atoms with Crippen molar-refractivity contribution < 1.29 is 9.47 Å². The van der Waals surface area contributed by atoms with Gasteiger partial charge >= 0.3 is 0 Å². The van der Waals surface area contributed by atoms with Crippen molar-refractivity contribution in [1.82, 2.24) is 0 Å². The molecule has 3 aromatic carbocycles. The summed E-state index contributed by atoms with van der Waals surface area (Å²) >= 11 is 0. The topological polar surface area (TPSA) is 18.5 Å². The maximum Gasteiger partial charge on any atom is 0.122 e. The minimum atomic E-state index is 0.911. The second-order valence-electron chi connectivity index (χ2n) is 7.67. The Kier molecular flexibility index (Phi) is 6.08. The molecule has 0 aliphatic heterocycles. The molecule has 0 radical (unpaired) electrons. The molecular weight excluding hydrogens is 344 g/mol. The molecule has 0 saturated carbocycles. The van der Waals surface area contributed by atoms with E-state index in [9.17, 15) is 0 Å². The zero-order chi connectivity index (χ0) is 20.3. The lowest BCUT2D eigenvalue weighted by molar-refractivity contribution is 0.411. The number of hydrogen-bond acceptors (Lipinski definition) is 2. The van der Waals surface area contributed by atoms with Crippen molar-refractivity contribution in [1.29, 1.82) is 0 Å². The zero-order valence-corrected chi connectivity index (χ0v) is 17.8. The minimum absolute atomic E-state index is 0.911. The second-order valence-corrected chi connectivity index (χ2v) is 7.67. The largest absolute Gasteiger partial charge is 0.496 e. The summed E-state index contributed by atoms with van der Waals surface area (Å²) in [7, 11) is 3.47. The molecule has 0 unspecified atom stereocenters. The van der Waals surface area contributed by atoms with Gasteiger partial charge < -0.3 is 9.47 Å². The first kappa shape index (κ1) is 20.0. The zero-order valence-electron chi connectivity index (χ0n) is 17.8. The van der Waals surface area contributed by atoms with E-state index >= 15 is 0 Å². The molecule has 0 heterocycles. The Bertz CT molecular complexity index is 909. The first-order valence-electron chi connectivity index (χ1n) is 9.77. The van der Waals surface area contributed by atoms with Gasteiger partial charge in [-0.25, -0.2) is 0 Å². The van der Waals surface area contributed by atoms with Crippen LogP contribution in [0.15, 0.2) is 48.5 Å². The number of rotatable bonds is 6. The molecular formula is C26H30O2. The summed E-state index contributed by atoms with van der Waals surface area (Å²) < 4.78 is 11.0. The Morgan fingerprint density at radius 1 is 0.607 bits per heavy atom. The molecule has 146 valence electrons. The second kappa shape index (κ2) is 8.52. The molecule has 2 heteroatoms. The molecule has 0 saturated heterocycles. The van der Waals surface area contributed by atoms with Gasteiger partial charge in [0.1, 0.15) is 11.5 Å². The molecule has 2 nitrogen and oxygen atoms in total. The molecule has 0 fully saturated rings. The van der Waals surface area contributed by atoms with Crippen LogP contribution in [0.3, 0.4) is 0 Å². The van der Waals surface area contributed by atoms with Gasteiger partial charge in [-0.05, 0) is 91.6 Å². The van der Waals surface area contributed by atoms with Gasteiger partial charge in [-0.2, -0.15) is 0 Å². The molecule has 3 aromatic rings. The van der Waals surface area contributed by atoms with Gasteiger partial charge in [0.15, 0.2) is 0 Å². The van der Waals surface area contributed by atoms with Crippen molar-refractivity contribution in [2.45, 2.75) is 40.5 Å². The molecule has 0 amide bonds. The number of benzene rings is 3. The first-order valence-corrected chi connectivity index (χ1v) is 9.77. The van der Waals surface area contributed by atoms with Crippen molar-refractivity contribution >= 4 is 0 Å². The van der Waals surface area contributed by atoms with E-state index in [4.69, 9.17) is 9.47 Å². The quantitative estimate of drug-likeness (QED) is 0.517. The van der Waals surface area contributed by atoms with Gasteiger partial charge in [-0.3, -0.25) is 0 Å². The Morgan fingerprint density at radius 2 is 1.04 bits per heavy atom. The fourth-order valence-corrected chi connectivity index (χ4v) is 3.77. The Balaban J connectivity index is 1.92. The van der Waals surface area contributed by atoms with E-state index in [0.29, 0.717) is 0 Å². The highest BCUT2D eigenvalue weighted by molar-refractivity contribution is 5.46. The predicted molar refractivity (Wildman–Crippen MR) is 117 cm³/mol. The Labute approximate surface area is 169 Å². The van der Waals surface area contributed by atoms with Crippen LogP contribution in [-0.4, -0.2) is 14.2 Å². The van der Waals surface area contributed by atoms with Crippen LogP contribution in [0.2, 0.25) is 0 Å². The predicted octanol–water partition coefficient (Wildman–Crippen LogP) is 6.12. The van der Waals surface area contributed by atoms with Crippen LogP contribution in [-0.2, 0) is 12.8 Å². The molecule has 0 N–H and O–H groups in total. The third-order valence-corrected chi connectivity index (χ3v) is 5.50. The molecule has 0 atom stereocenters. The molecule has 3 rings (SSSR count). The van der Waals surface area contributed by atoms with E-state index in [0.717, 1.165) is 24.3 Å². The average Bonchev–Trinajstić information content (AvgIpc) is 2.68. The molecule has 0 aromatic heterocycles. The molecule has 0 aliphatic carbocycles. The van der Waals surface area contributed by atoms with Crippen LogP contribution in [0.5, 0.6) is 11.5 Å². The van der Waals surface area contributed by atoms with E-state index in [1.165, 1.54) is 44.5 Å². The van der Waals surface area contributed by atoms with Crippen molar-refractivity contribution in [3.05, 3.63) is 93.0 Å². The number of aryl methyl sites for hydroxylation is 3. The maximum absolute atomic E-state index is 5.50. The summed E-state index contributed by atoms with van der Waals surface area (Å²) in [5, 5.41) is 0. The average molecular weight is 375 g/mol. The van der Waals surface area contributed by atoms with Gasteiger partial charge in [0, 0.05) is 0 Å². The monoisotopic (exact) mass is 374 g/mol. The lowest BCUT2D eigenvalue weighted by atomic mass is 9.91. The van der Waals surface area contributed by atoms with Gasteiger partial charge in [0.2, 0.25) is 0 Å². The summed E-state index contributed by atoms with van der Waals surface area (Å²) in [4.78, 5) is 0. The van der Waals surface area contributed by atoms with Crippen LogP contribution in [0.1, 0.15) is 44.5 Å². The van der Waals surface area contributed by atoms with Gasteiger partial charge in [0.05, 0.1) is 14.2 Å². The summed E-state index contributed by atoms with van der Waals surface area (Å²) in [6.07, 6.45) is 1.82. The maximum atomic E-state index is 5.50. The van der Waals surface area contributed by atoms with Crippen molar-refractivity contribution in [2.24, 2.45) is 0 Å². The van der Waals surface area contributed by atoms with E-state index in [1.54, 1.807) is 14.2 Å². The number of hydrogen-bond donors (Lipinski definition) is 0. The third-order valence-electron chi connectivity index (χ3n) is 5.50. The standard InChI is InChI=1S/C26H30O2/c1-17-11-23(13-21-9-7-18(2)25(15-21)27-5)20(4)24(12-17)14-22-10-8-19(3)26(16-22)28-6/h7-12,15-16H,13-14H2,1-6H3. The van der Waals surface area contributed by atoms with Crippen LogP contribution < -0.4 is 9.47 Å². The first-order chi connectivity index (χ1) is 13.4. The van der Waals surface area contributed by atoms with E-state index in [-0.39, 0.29) is 0 Å². The van der Waals surface area contributed by atoms with Crippen LogP contribution in [0, 0.1) is 27.7 Å². The number of ether oxygens (including phenoxy) is 2. The molecule has 0 aliphatic rings. The molecule has 0 spiro atoms. The van der Waals surface area contributed by atoms with E-state index < -0.39 is 0 Å². The van der Waals surface area contributed by atoms with Crippen LogP contribution in [0.25, 0.3) is 0 Å². The Morgan fingerprint density at radius 3 is 1.43 bits per heavy atom. The van der Waals surface area contributed by atoms with Crippen molar-refractivity contribution in [3.8, 4) is 11.5 Å². The highest BCUT2D eigenvalue weighted by Crippen LogP contribution is 2.27. The fraction of sp³-hybridized carbons (Fsp3) is 0.308. The van der Waals surface area contributed by atoms with Gasteiger partial charge in [-0.1, -0.05) is 42.0 Å². The Hall–Kier alpha value is -2.74. The van der Waals surface area contributed by atoms with Crippen LogP contribution in [0.4, 0.5) is 0 Å². The lowest BCUT2D eigenvalue weighted by Crippen LogP contribution is -2.01. The molecule has 0 bridgehead atoms. The van der Waals surface area contributed by atoms with E-state index in [1.807, 2.05) is 0 Å². The lowest BCUT2D eigenvalue weighted by Gasteiger charge is -2.15. The minimum Gasteiger partial charge on any atom is -0.496 e. The third kappa shape index (κ3) is 4.39. The highest BCUT2D eigenvalue weighted by atomic mass is 16.5. The summed E-state index contributed by atoms with van der Waals surface area (Å²) in [6.45, 7) is 8.57. The van der Waals surface area contributed by atoms with Crippen LogP contribution >= 0.6 is 0 Å². The SMILES string of the molecule is COc1cc(Cc2cc(C)cc(Cc3ccc(C)c(OC)c3)c2C)ccc1C. The number of methoxy groups -OCH3 is 2.